The molecule has 1 aromatic rings. The molecule has 0 bridgehead atoms. The number of nitrogens with one attached hydrogen (secondary N) is 1. The molecule has 0 aliphatic heterocycles. The molecule has 6 heteroatoms. The number of benzene rings is 1. The van der Waals surface area contributed by atoms with Crippen molar-refractivity contribution in [3.8, 4) is 0 Å². The van der Waals surface area contributed by atoms with Crippen molar-refractivity contribution in [2.75, 3.05) is 13.1 Å². The van der Waals surface area contributed by atoms with Crippen LogP contribution in [0.3, 0.4) is 0 Å². The highest BCUT2D eigenvalue weighted by atomic mass is 16.1. The van der Waals surface area contributed by atoms with E-state index in [2.05, 4.69) is 15.3 Å². The average molecular weight is 261 g/mol. The van der Waals surface area contributed by atoms with E-state index in [-0.39, 0.29) is 0 Å². The molecule has 0 heterocycles. The van der Waals surface area contributed by atoms with Gasteiger partial charge in [0.2, 0.25) is 5.91 Å². The van der Waals surface area contributed by atoms with Crippen LogP contribution in [0.2, 0.25) is 0 Å². The van der Waals surface area contributed by atoms with E-state index in [1.165, 1.54) is 0 Å². The molecule has 102 valence electrons. The summed E-state index contributed by atoms with van der Waals surface area (Å²) in [5.74, 6) is -0.398. The lowest BCUT2D eigenvalue weighted by Gasteiger charge is -2.18. The van der Waals surface area contributed by atoms with Crippen molar-refractivity contribution in [3.63, 3.8) is 0 Å². The van der Waals surface area contributed by atoms with E-state index in [0.29, 0.717) is 19.5 Å². The number of rotatable bonds is 8. The quantitative estimate of drug-likeness (QED) is 0.323. The van der Waals surface area contributed by atoms with E-state index in [4.69, 9.17) is 11.3 Å². The normalized spacial score (nSPS) is 11.6. The zero-order chi connectivity index (χ0) is 14.1. The molecule has 6 nitrogen and oxygen atoms in total. The number of hydrogen-bond acceptors (Lipinski definition) is 3. The van der Waals surface area contributed by atoms with Gasteiger partial charge in [-0.15, -0.1) is 0 Å². The van der Waals surface area contributed by atoms with Gasteiger partial charge in [-0.05, 0) is 36.0 Å². The van der Waals surface area contributed by atoms with E-state index in [1.54, 1.807) is 0 Å². The monoisotopic (exact) mass is 261 g/mol. The van der Waals surface area contributed by atoms with Crippen molar-refractivity contribution < 1.29 is 4.79 Å². The number of azide groups is 1. The molecule has 0 radical (unpaired) electrons. The summed E-state index contributed by atoms with van der Waals surface area (Å²) < 4.78 is 0. The minimum Gasteiger partial charge on any atom is -0.368 e. The third kappa shape index (κ3) is 4.62. The van der Waals surface area contributed by atoms with Gasteiger partial charge in [-0.1, -0.05) is 36.3 Å². The number of aryl methyl sites for hydroxylation is 1. The predicted molar refractivity (Wildman–Crippen MR) is 74.4 cm³/mol. The maximum Gasteiger partial charge on any atom is 0.239 e. The molecule has 0 aromatic heterocycles. The molecule has 0 fully saturated rings. The molecule has 1 unspecified atom stereocenters. The largest absolute Gasteiger partial charge is 0.368 e. The number of primary amides is 1. The fourth-order valence-electron chi connectivity index (χ4n) is 1.94. The summed E-state index contributed by atoms with van der Waals surface area (Å²) in [6.45, 7) is 3.02. The van der Waals surface area contributed by atoms with Crippen LogP contribution in [0.4, 0.5) is 0 Å². The Balaban J connectivity index is 2.71. The Bertz CT molecular complexity index is 468. The molecule has 0 saturated carbocycles. The molecule has 1 atom stereocenters. The molecule has 0 aliphatic carbocycles. The number of hydrogen-bond donors (Lipinski definition) is 2. The smallest absolute Gasteiger partial charge is 0.239 e. The lowest BCUT2D eigenvalue weighted by atomic mass is 9.98. The van der Waals surface area contributed by atoms with Gasteiger partial charge in [0.1, 0.15) is 6.04 Å². The van der Waals surface area contributed by atoms with Gasteiger partial charge >= 0.3 is 0 Å². The Hall–Kier alpha value is -2.04. The van der Waals surface area contributed by atoms with Crippen molar-refractivity contribution in [3.05, 3.63) is 45.8 Å². The topological polar surface area (TPSA) is 104 Å². The second-order valence-electron chi connectivity index (χ2n) is 4.15. The Labute approximate surface area is 112 Å². The summed E-state index contributed by atoms with van der Waals surface area (Å²) >= 11 is 0. The van der Waals surface area contributed by atoms with E-state index in [9.17, 15) is 4.79 Å². The highest BCUT2D eigenvalue weighted by molar-refractivity contribution is 5.81. The average Bonchev–Trinajstić information content (AvgIpc) is 2.42. The Morgan fingerprint density at radius 1 is 1.53 bits per heavy atom. The van der Waals surface area contributed by atoms with Crippen molar-refractivity contribution >= 4 is 5.91 Å². The summed E-state index contributed by atoms with van der Waals surface area (Å²) in [5.41, 5.74) is 15.6. The van der Waals surface area contributed by atoms with Gasteiger partial charge < -0.3 is 11.1 Å². The first-order valence-electron chi connectivity index (χ1n) is 6.32. The fourth-order valence-corrected chi connectivity index (χ4v) is 1.94. The van der Waals surface area contributed by atoms with Crippen LogP contribution in [0.5, 0.6) is 0 Å². The molecule has 1 amide bonds. The number of amides is 1. The van der Waals surface area contributed by atoms with Crippen molar-refractivity contribution in [1.82, 2.24) is 5.32 Å². The zero-order valence-corrected chi connectivity index (χ0v) is 11.0. The van der Waals surface area contributed by atoms with Crippen LogP contribution in [0.15, 0.2) is 29.4 Å². The maximum absolute atomic E-state index is 11.6. The summed E-state index contributed by atoms with van der Waals surface area (Å²) in [6, 6.07) is 7.25. The molecule has 1 aromatic carbocycles. The maximum atomic E-state index is 11.6. The minimum absolute atomic E-state index is 0.398. The molecule has 19 heavy (non-hydrogen) atoms. The standard InChI is InChI=1S/C13H19N5O/c1-2-10-6-3-4-7-11(10)12(13(14)19)16-8-5-9-17-18-15/h3-4,6-7,12,16H,2,5,8-9H2,1H3,(H2,14,19). The summed E-state index contributed by atoms with van der Waals surface area (Å²) in [6.07, 6.45) is 1.52. The molecule has 0 saturated heterocycles. The summed E-state index contributed by atoms with van der Waals surface area (Å²) in [5, 5.41) is 6.56. The van der Waals surface area contributed by atoms with Gasteiger partial charge in [0.25, 0.3) is 0 Å². The third-order valence-corrected chi connectivity index (χ3v) is 2.88. The lowest BCUT2D eigenvalue weighted by molar-refractivity contribution is -0.120. The molecule has 3 N–H and O–H groups in total. The van der Waals surface area contributed by atoms with Crippen molar-refractivity contribution in [1.29, 1.82) is 0 Å². The third-order valence-electron chi connectivity index (χ3n) is 2.88. The van der Waals surface area contributed by atoms with Crippen LogP contribution in [0.1, 0.15) is 30.5 Å². The number of carbonyl (C=O) groups excluding carboxylic acids is 1. The zero-order valence-electron chi connectivity index (χ0n) is 11.0. The fraction of sp³-hybridized carbons (Fsp3) is 0.462. The van der Waals surface area contributed by atoms with Crippen LogP contribution < -0.4 is 11.1 Å². The predicted octanol–water partition coefficient (Wildman–Crippen LogP) is 2.07. The van der Waals surface area contributed by atoms with E-state index in [1.807, 2.05) is 31.2 Å². The Morgan fingerprint density at radius 2 is 2.26 bits per heavy atom. The molecular weight excluding hydrogens is 242 g/mol. The molecule has 0 spiro atoms. The van der Waals surface area contributed by atoms with E-state index < -0.39 is 11.9 Å². The van der Waals surface area contributed by atoms with E-state index in [0.717, 1.165) is 17.5 Å². The molecular formula is C13H19N5O. The SMILES string of the molecule is CCc1ccccc1C(NCCCN=[N+]=[N-])C(N)=O. The number of nitrogens with zero attached hydrogens (tertiary/aromatic N) is 3. The van der Waals surface area contributed by atoms with Crippen LogP contribution in [-0.2, 0) is 11.2 Å². The molecule has 0 aliphatic rings. The van der Waals surface area contributed by atoms with Crippen LogP contribution in [0, 0.1) is 0 Å². The van der Waals surface area contributed by atoms with Crippen LogP contribution in [-0.4, -0.2) is 19.0 Å². The second-order valence-corrected chi connectivity index (χ2v) is 4.15. The first kappa shape index (κ1) is 15.0. The van der Waals surface area contributed by atoms with Gasteiger partial charge in [0.05, 0.1) is 0 Å². The number of carbonyl (C=O) groups is 1. The van der Waals surface area contributed by atoms with Gasteiger partial charge in [0, 0.05) is 11.5 Å². The first-order chi connectivity index (χ1) is 9.20. The summed E-state index contributed by atoms with van der Waals surface area (Å²) in [7, 11) is 0. The Kier molecular flexibility index (Phi) is 6.43. The van der Waals surface area contributed by atoms with Gasteiger partial charge in [0.15, 0.2) is 0 Å². The van der Waals surface area contributed by atoms with E-state index >= 15 is 0 Å². The Morgan fingerprint density at radius 3 is 2.89 bits per heavy atom. The number of nitrogens with two attached hydrogens (primary N) is 1. The van der Waals surface area contributed by atoms with Crippen molar-refractivity contribution in [2.24, 2.45) is 10.8 Å². The summed E-state index contributed by atoms with van der Waals surface area (Å²) in [4.78, 5) is 14.2. The highest BCUT2D eigenvalue weighted by Crippen LogP contribution is 2.18. The highest BCUT2D eigenvalue weighted by Gasteiger charge is 2.18. The van der Waals surface area contributed by atoms with Crippen LogP contribution >= 0.6 is 0 Å². The van der Waals surface area contributed by atoms with Crippen molar-refractivity contribution in [2.45, 2.75) is 25.8 Å². The van der Waals surface area contributed by atoms with Gasteiger partial charge in [-0.25, -0.2) is 0 Å². The second kappa shape index (κ2) is 8.13. The lowest BCUT2D eigenvalue weighted by Crippen LogP contribution is -2.35. The van der Waals surface area contributed by atoms with Gasteiger partial charge in [-0.3, -0.25) is 4.79 Å². The van der Waals surface area contributed by atoms with Crippen LogP contribution in [0.25, 0.3) is 10.4 Å². The molecule has 1 rings (SSSR count). The minimum atomic E-state index is -0.498. The van der Waals surface area contributed by atoms with Gasteiger partial charge in [-0.2, -0.15) is 0 Å². The first-order valence-corrected chi connectivity index (χ1v) is 6.32.